The summed E-state index contributed by atoms with van der Waals surface area (Å²) in [6.45, 7) is 4.22. The van der Waals surface area contributed by atoms with Gasteiger partial charge in [0.1, 0.15) is 17.9 Å². The highest BCUT2D eigenvalue weighted by molar-refractivity contribution is 6.18. The molecule has 1 fully saturated rings. The van der Waals surface area contributed by atoms with Crippen LogP contribution in [-0.2, 0) is 25.6 Å². The Morgan fingerprint density at radius 1 is 1.16 bits per heavy atom. The number of carbonyl (C=O) groups excluding carboxylic acids is 2. The molecular weight excluding hydrogens is 324 g/mol. The topological polar surface area (TPSA) is 79.7 Å². The van der Waals surface area contributed by atoms with E-state index in [2.05, 4.69) is 4.98 Å². The highest BCUT2D eigenvalue weighted by Crippen LogP contribution is 2.24. The summed E-state index contributed by atoms with van der Waals surface area (Å²) in [4.78, 5) is 27.8. The third-order valence-electron chi connectivity index (χ3n) is 3.49. The summed E-state index contributed by atoms with van der Waals surface area (Å²) >= 11 is 0. The van der Waals surface area contributed by atoms with Crippen LogP contribution in [0.3, 0.4) is 0 Å². The van der Waals surface area contributed by atoms with Crippen molar-refractivity contribution in [2.75, 3.05) is 6.61 Å². The summed E-state index contributed by atoms with van der Waals surface area (Å²) in [5, 5.41) is 0. The van der Waals surface area contributed by atoms with Crippen molar-refractivity contribution in [1.29, 1.82) is 0 Å². The van der Waals surface area contributed by atoms with E-state index in [1.807, 2.05) is 10.8 Å². The second kappa shape index (κ2) is 6.80. The average molecular weight is 342 g/mol. The Hall–Kier alpha value is -3.09. The molecule has 1 aliphatic heterocycles. The van der Waals surface area contributed by atoms with Crippen LogP contribution in [0.5, 0.6) is 5.75 Å². The van der Waals surface area contributed by atoms with Crippen molar-refractivity contribution in [1.82, 2.24) is 9.55 Å². The van der Waals surface area contributed by atoms with Crippen molar-refractivity contribution < 1.29 is 23.8 Å². The maximum Gasteiger partial charge on any atom is 0.348 e. The summed E-state index contributed by atoms with van der Waals surface area (Å²) in [6, 6.07) is 7.03. The van der Waals surface area contributed by atoms with E-state index < -0.39 is 17.7 Å². The van der Waals surface area contributed by atoms with E-state index in [0.29, 0.717) is 24.5 Å². The molecule has 0 saturated carbocycles. The van der Waals surface area contributed by atoms with Crippen LogP contribution in [0, 0.1) is 0 Å². The number of benzene rings is 1. The number of nitrogens with zero attached hydrogens (tertiary/aromatic N) is 2. The smallest absolute Gasteiger partial charge is 0.348 e. The van der Waals surface area contributed by atoms with Crippen molar-refractivity contribution in [3.05, 3.63) is 54.1 Å². The van der Waals surface area contributed by atoms with Crippen molar-refractivity contribution >= 4 is 18.0 Å². The molecule has 25 heavy (non-hydrogen) atoms. The molecular formula is C18H18N2O5. The number of cyclic esters (lactones) is 2. The molecule has 3 rings (SSSR count). The zero-order valence-electron chi connectivity index (χ0n) is 14.0. The van der Waals surface area contributed by atoms with Crippen LogP contribution in [0.15, 0.2) is 48.6 Å². The van der Waals surface area contributed by atoms with E-state index in [9.17, 15) is 9.59 Å². The van der Waals surface area contributed by atoms with Crippen LogP contribution in [0.25, 0.3) is 6.08 Å². The highest BCUT2D eigenvalue weighted by atomic mass is 16.7. The number of ether oxygens (including phenoxy) is 3. The Morgan fingerprint density at radius 3 is 2.44 bits per heavy atom. The van der Waals surface area contributed by atoms with Crippen molar-refractivity contribution in [2.24, 2.45) is 0 Å². The molecule has 0 radical (unpaired) electrons. The van der Waals surface area contributed by atoms with Crippen molar-refractivity contribution in [3.63, 3.8) is 0 Å². The molecule has 1 aromatic carbocycles. The monoisotopic (exact) mass is 342 g/mol. The van der Waals surface area contributed by atoms with Gasteiger partial charge in [0.25, 0.3) is 5.79 Å². The fourth-order valence-electron chi connectivity index (χ4n) is 2.29. The number of carbonyl (C=O) groups is 2. The van der Waals surface area contributed by atoms with E-state index in [1.54, 1.807) is 36.8 Å². The van der Waals surface area contributed by atoms with Gasteiger partial charge in [-0.25, -0.2) is 14.6 Å². The van der Waals surface area contributed by atoms with Gasteiger partial charge in [-0.2, -0.15) is 0 Å². The van der Waals surface area contributed by atoms with Gasteiger partial charge in [-0.05, 0) is 23.8 Å². The SMILES string of the molecule is CC1(C)OC(=O)C(=Cc2ccc(OCCn3ccnc3)cc2)C(=O)O1. The number of rotatable bonds is 5. The first-order valence-electron chi connectivity index (χ1n) is 7.80. The predicted octanol–water partition coefficient (Wildman–Crippen LogP) is 2.18. The molecule has 2 aromatic rings. The van der Waals surface area contributed by atoms with E-state index in [0.717, 1.165) is 0 Å². The number of hydrogen-bond donors (Lipinski definition) is 0. The Kier molecular flexibility index (Phi) is 4.56. The standard InChI is InChI=1S/C18H18N2O5/c1-18(2)24-16(21)15(17(22)25-18)11-13-3-5-14(6-4-13)23-10-9-20-8-7-19-12-20/h3-8,11-12H,9-10H2,1-2H3. The van der Waals surface area contributed by atoms with Crippen LogP contribution in [0.4, 0.5) is 0 Å². The Labute approximate surface area is 144 Å². The molecule has 2 heterocycles. The van der Waals surface area contributed by atoms with Crippen molar-refractivity contribution in [2.45, 2.75) is 26.2 Å². The summed E-state index contributed by atoms with van der Waals surface area (Å²) in [6.07, 6.45) is 6.74. The summed E-state index contributed by atoms with van der Waals surface area (Å²) in [5.41, 5.74) is 0.540. The summed E-state index contributed by atoms with van der Waals surface area (Å²) in [5.74, 6) is -1.93. The van der Waals surface area contributed by atoms with E-state index in [-0.39, 0.29) is 5.57 Å². The number of imidazole rings is 1. The first-order chi connectivity index (χ1) is 11.9. The molecule has 1 aliphatic rings. The predicted molar refractivity (Wildman–Crippen MR) is 88.4 cm³/mol. The van der Waals surface area contributed by atoms with Crippen LogP contribution in [0.2, 0.25) is 0 Å². The molecule has 1 aromatic heterocycles. The summed E-state index contributed by atoms with van der Waals surface area (Å²) < 4.78 is 17.7. The molecule has 0 N–H and O–H groups in total. The quantitative estimate of drug-likeness (QED) is 0.471. The van der Waals surface area contributed by atoms with Gasteiger partial charge in [-0.3, -0.25) is 0 Å². The lowest BCUT2D eigenvalue weighted by atomic mass is 10.1. The minimum Gasteiger partial charge on any atom is -0.492 e. The lowest BCUT2D eigenvalue weighted by Gasteiger charge is -2.29. The summed E-state index contributed by atoms with van der Waals surface area (Å²) in [7, 11) is 0. The third kappa shape index (κ3) is 4.26. The third-order valence-corrected chi connectivity index (χ3v) is 3.49. The molecule has 7 heteroatoms. The lowest BCUT2D eigenvalue weighted by molar-refractivity contribution is -0.222. The van der Waals surface area contributed by atoms with Crippen molar-refractivity contribution in [3.8, 4) is 5.75 Å². The first-order valence-corrected chi connectivity index (χ1v) is 7.80. The zero-order chi connectivity index (χ0) is 17.9. The Balaban J connectivity index is 1.62. The zero-order valence-corrected chi connectivity index (χ0v) is 14.0. The van der Waals surface area contributed by atoms with Crippen LogP contribution in [0.1, 0.15) is 19.4 Å². The molecule has 0 unspecified atom stereocenters. The fourth-order valence-corrected chi connectivity index (χ4v) is 2.29. The first kappa shape index (κ1) is 16.8. The number of aromatic nitrogens is 2. The minimum atomic E-state index is -1.24. The maximum atomic E-state index is 11.9. The lowest BCUT2D eigenvalue weighted by Crippen LogP contribution is -2.41. The van der Waals surface area contributed by atoms with Gasteiger partial charge >= 0.3 is 11.9 Å². The molecule has 0 bridgehead atoms. The van der Waals surface area contributed by atoms with Gasteiger partial charge in [0.05, 0.1) is 12.9 Å². The number of hydrogen-bond acceptors (Lipinski definition) is 6. The Bertz CT molecular complexity index is 769. The molecule has 0 atom stereocenters. The molecule has 130 valence electrons. The minimum absolute atomic E-state index is 0.131. The van der Waals surface area contributed by atoms with Crippen LogP contribution >= 0.6 is 0 Å². The van der Waals surface area contributed by atoms with E-state index >= 15 is 0 Å². The maximum absolute atomic E-state index is 11.9. The highest BCUT2D eigenvalue weighted by Gasteiger charge is 2.38. The second-order valence-corrected chi connectivity index (χ2v) is 5.95. The molecule has 7 nitrogen and oxygen atoms in total. The second-order valence-electron chi connectivity index (χ2n) is 5.95. The van der Waals surface area contributed by atoms with Gasteiger partial charge in [0.2, 0.25) is 0 Å². The van der Waals surface area contributed by atoms with Gasteiger partial charge in [-0.15, -0.1) is 0 Å². The Morgan fingerprint density at radius 2 is 1.84 bits per heavy atom. The largest absolute Gasteiger partial charge is 0.492 e. The number of esters is 2. The molecule has 0 amide bonds. The fraction of sp³-hybridized carbons (Fsp3) is 0.278. The van der Waals surface area contributed by atoms with Crippen LogP contribution in [-0.4, -0.2) is 33.9 Å². The normalized spacial score (nSPS) is 16.2. The van der Waals surface area contributed by atoms with Gasteiger partial charge < -0.3 is 18.8 Å². The molecule has 0 aliphatic carbocycles. The van der Waals surface area contributed by atoms with E-state index in [1.165, 1.54) is 19.9 Å². The van der Waals surface area contributed by atoms with E-state index in [4.69, 9.17) is 14.2 Å². The van der Waals surface area contributed by atoms with Gasteiger partial charge in [0, 0.05) is 26.2 Å². The van der Waals surface area contributed by atoms with Gasteiger partial charge in [-0.1, -0.05) is 12.1 Å². The van der Waals surface area contributed by atoms with Gasteiger partial charge in [0.15, 0.2) is 0 Å². The molecule has 0 spiro atoms. The van der Waals surface area contributed by atoms with Crippen LogP contribution < -0.4 is 4.74 Å². The molecule has 1 saturated heterocycles. The average Bonchev–Trinajstić information content (AvgIpc) is 3.05.